The second-order valence-electron chi connectivity index (χ2n) is 6.81. The highest BCUT2D eigenvalue weighted by atomic mass is 35.5. The Hall–Kier alpha value is -2.53. The lowest BCUT2D eigenvalue weighted by atomic mass is 10.2. The highest BCUT2D eigenvalue weighted by Crippen LogP contribution is 2.21. The number of halogens is 1. The number of hydrogen-bond donors (Lipinski definition) is 1. The second kappa shape index (κ2) is 9.52. The van der Waals surface area contributed by atoms with Crippen molar-refractivity contribution in [3.63, 3.8) is 0 Å². The molecule has 1 heterocycles. The van der Waals surface area contributed by atoms with Crippen molar-refractivity contribution < 1.29 is 18.1 Å². The van der Waals surface area contributed by atoms with Crippen LogP contribution < -0.4 is 5.32 Å². The van der Waals surface area contributed by atoms with E-state index in [2.05, 4.69) is 5.32 Å². The summed E-state index contributed by atoms with van der Waals surface area (Å²) in [5.74, 6) is -0.260. The molecule has 1 N–H and O–H groups in total. The number of amides is 1. The van der Waals surface area contributed by atoms with Crippen LogP contribution in [0.1, 0.15) is 6.42 Å². The summed E-state index contributed by atoms with van der Waals surface area (Å²) in [6.45, 7) is 2.11. The number of non-ortho nitro benzene ring substituents is 1. The summed E-state index contributed by atoms with van der Waals surface area (Å²) >= 11 is 5.90. The highest BCUT2D eigenvalue weighted by molar-refractivity contribution is 7.89. The summed E-state index contributed by atoms with van der Waals surface area (Å²) in [6, 6.07) is 11.9. The molecule has 3 rings (SSSR count). The molecule has 0 atom stereocenters. The minimum absolute atomic E-state index is 0.0927. The summed E-state index contributed by atoms with van der Waals surface area (Å²) in [5, 5.41) is 13.8. The molecule has 1 fully saturated rings. The number of carbonyl (C=O) groups excluding carboxylic acids is 1. The van der Waals surface area contributed by atoms with Gasteiger partial charge in [0.2, 0.25) is 15.9 Å². The number of piperazine rings is 1. The molecular formula is C19H21ClN4O5S. The molecule has 9 nitrogen and oxygen atoms in total. The van der Waals surface area contributed by atoms with Crippen LogP contribution in [-0.2, 0) is 14.8 Å². The fourth-order valence-electron chi connectivity index (χ4n) is 3.15. The Labute approximate surface area is 179 Å². The van der Waals surface area contributed by atoms with Gasteiger partial charge in [-0.05, 0) is 24.3 Å². The molecule has 1 aliphatic rings. The third kappa shape index (κ3) is 5.54. The molecule has 1 saturated heterocycles. The zero-order valence-corrected chi connectivity index (χ0v) is 17.6. The van der Waals surface area contributed by atoms with Crippen LogP contribution in [0.15, 0.2) is 53.4 Å². The first kappa shape index (κ1) is 22.2. The van der Waals surface area contributed by atoms with E-state index in [0.29, 0.717) is 43.4 Å². The van der Waals surface area contributed by atoms with Gasteiger partial charge in [-0.3, -0.25) is 14.9 Å². The molecule has 0 saturated carbocycles. The molecule has 1 aliphatic heterocycles. The van der Waals surface area contributed by atoms with Crippen LogP contribution in [0.3, 0.4) is 0 Å². The van der Waals surface area contributed by atoms with Crippen molar-refractivity contribution in [2.45, 2.75) is 11.3 Å². The number of benzene rings is 2. The third-order valence-electron chi connectivity index (χ3n) is 4.76. The first-order chi connectivity index (χ1) is 14.3. The first-order valence-corrected chi connectivity index (χ1v) is 11.1. The Morgan fingerprint density at radius 2 is 1.80 bits per heavy atom. The van der Waals surface area contributed by atoms with Crippen LogP contribution in [0, 0.1) is 10.1 Å². The highest BCUT2D eigenvalue weighted by Gasteiger charge is 2.28. The molecule has 30 heavy (non-hydrogen) atoms. The molecule has 0 radical (unpaired) electrons. The topological polar surface area (TPSA) is 113 Å². The average Bonchev–Trinajstić information content (AvgIpc) is 2.73. The van der Waals surface area contributed by atoms with Crippen molar-refractivity contribution in [2.75, 3.05) is 38.0 Å². The maximum Gasteiger partial charge on any atom is 0.271 e. The van der Waals surface area contributed by atoms with Gasteiger partial charge in [0.25, 0.3) is 5.69 Å². The average molecular weight is 453 g/mol. The quantitative estimate of drug-likeness (QED) is 0.510. The minimum atomic E-state index is -3.60. The van der Waals surface area contributed by atoms with Gasteiger partial charge in [-0.15, -0.1) is 0 Å². The summed E-state index contributed by atoms with van der Waals surface area (Å²) in [7, 11) is -3.60. The number of nitro groups is 1. The normalized spacial score (nSPS) is 15.6. The lowest BCUT2D eigenvalue weighted by molar-refractivity contribution is -0.384. The van der Waals surface area contributed by atoms with Crippen LogP contribution in [0.4, 0.5) is 11.4 Å². The van der Waals surface area contributed by atoms with Crippen molar-refractivity contribution in [2.24, 2.45) is 0 Å². The molecule has 0 aliphatic carbocycles. The van der Waals surface area contributed by atoms with Crippen molar-refractivity contribution in [1.82, 2.24) is 9.21 Å². The summed E-state index contributed by atoms with van der Waals surface area (Å²) in [5.41, 5.74) is 0.275. The fraction of sp³-hybridized carbons (Fsp3) is 0.316. The van der Waals surface area contributed by atoms with Gasteiger partial charge in [-0.1, -0.05) is 23.7 Å². The van der Waals surface area contributed by atoms with Gasteiger partial charge in [0.15, 0.2) is 0 Å². The molecule has 0 unspecified atom stereocenters. The fourth-order valence-corrected chi connectivity index (χ4v) is 4.87. The summed E-state index contributed by atoms with van der Waals surface area (Å²) in [4.78, 5) is 24.6. The number of sulfonamides is 1. The van der Waals surface area contributed by atoms with Crippen molar-refractivity contribution in [1.29, 1.82) is 0 Å². The van der Waals surface area contributed by atoms with Gasteiger partial charge in [-0.2, -0.15) is 4.31 Å². The SMILES string of the molecule is O=C(CCN1CCN(S(=O)(=O)c2cccc(Cl)c2)CC1)Nc1cccc([N+](=O)[O-])c1. The van der Waals surface area contributed by atoms with Gasteiger partial charge in [0.1, 0.15) is 0 Å². The van der Waals surface area contributed by atoms with E-state index in [4.69, 9.17) is 11.6 Å². The van der Waals surface area contributed by atoms with Gasteiger partial charge < -0.3 is 10.2 Å². The summed E-state index contributed by atoms with van der Waals surface area (Å²) in [6.07, 6.45) is 0.198. The van der Waals surface area contributed by atoms with E-state index in [0.717, 1.165) is 0 Å². The van der Waals surface area contributed by atoms with Gasteiger partial charge in [-0.25, -0.2) is 8.42 Å². The zero-order chi connectivity index (χ0) is 21.7. The lowest BCUT2D eigenvalue weighted by Gasteiger charge is -2.33. The smallest absolute Gasteiger partial charge is 0.271 e. The van der Waals surface area contributed by atoms with E-state index >= 15 is 0 Å². The number of rotatable bonds is 7. The van der Waals surface area contributed by atoms with E-state index in [9.17, 15) is 23.3 Å². The van der Waals surface area contributed by atoms with Crippen LogP contribution in [-0.4, -0.2) is 61.2 Å². The number of anilines is 1. The molecule has 11 heteroatoms. The predicted molar refractivity (Wildman–Crippen MR) is 113 cm³/mol. The molecular weight excluding hydrogens is 432 g/mol. The van der Waals surface area contributed by atoms with E-state index in [1.54, 1.807) is 18.2 Å². The number of nitrogens with one attached hydrogen (secondary N) is 1. The van der Waals surface area contributed by atoms with Crippen LogP contribution in [0.2, 0.25) is 5.02 Å². The second-order valence-corrected chi connectivity index (χ2v) is 9.18. The molecule has 0 aromatic heterocycles. The monoisotopic (exact) mass is 452 g/mol. The number of carbonyl (C=O) groups is 1. The number of nitro benzene ring substituents is 1. The molecule has 0 spiro atoms. The molecule has 160 valence electrons. The van der Waals surface area contributed by atoms with E-state index in [-0.39, 0.29) is 22.9 Å². The number of hydrogen-bond acceptors (Lipinski definition) is 6. The van der Waals surface area contributed by atoms with Gasteiger partial charge in [0.05, 0.1) is 9.82 Å². The Kier molecular flexibility index (Phi) is 7.03. The largest absolute Gasteiger partial charge is 0.326 e. The lowest BCUT2D eigenvalue weighted by Crippen LogP contribution is -2.49. The Morgan fingerprint density at radius 1 is 1.10 bits per heavy atom. The molecule has 2 aromatic carbocycles. The Morgan fingerprint density at radius 3 is 2.47 bits per heavy atom. The summed E-state index contributed by atoms with van der Waals surface area (Å²) < 4.78 is 26.9. The Bertz CT molecular complexity index is 1040. The minimum Gasteiger partial charge on any atom is -0.326 e. The van der Waals surface area contributed by atoms with E-state index < -0.39 is 14.9 Å². The van der Waals surface area contributed by atoms with Crippen molar-refractivity contribution in [3.8, 4) is 0 Å². The Balaban J connectivity index is 1.48. The van der Waals surface area contributed by atoms with Gasteiger partial charge >= 0.3 is 0 Å². The standard InChI is InChI=1S/C19H21ClN4O5S/c20-15-3-1-6-18(13-15)30(28,29)23-11-9-22(10-12-23)8-7-19(25)21-16-4-2-5-17(14-16)24(26)27/h1-6,13-14H,7-12H2,(H,21,25). The first-order valence-electron chi connectivity index (χ1n) is 9.28. The zero-order valence-electron chi connectivity index (χ0n) is 16.0. The maximum atomic E-state index is 12.7. The number of nitrogens with zero attached hydrogens (tertiary/aromatic N) is 3. The molecule has 2 aromatic rings. The van der Waals surface area contributed by atoms with Crippen molar-refractivity contribution in [3.05, 3.63) is 63.7 Å². The van der Waals surface area contributed by atoms with Crippen LogP contribution in [0.25, 0.3) is 0 Å². The third-order valence-corrected chi connectivity index (χ3v) is 6.89. The molecule has 1 amide bonds. The van der Waals surface area contributed by atoms with Crippen LogP contribution >= 0.6 is 11.6 Å². The van der Waals surface area contributed by atoms with E-state index in [1.165, 1.54) is 34.6 Å². The van der Waals surface area contributed by atoms with Crippen molar-refractivity contribution >= 4 is 38.9 Å². The maximum absolute atomic E-state index is 12.7. The van der Waals surface area contributed by atoms with E-state index in [1.807, 2.05) is 4.90 Å². The predicted octanol–water partition coefficient (Wildman–Crippen LogP) is 2.58. The molecule has 0 bridgehead atoms. The van der Waals surface area contributed by atoms with Crippen LogP contribution in [0.5, 0.6) is 0 Å². The van der Waals surface area contributed by atoms with Gasteiger partial charge in [0, 0.05) is 62.0 Å².